The van der Waals surface area contributed by atoms with Crippen molar-refractivity contribution in [3.05, 3.63) is 108 Å². The molecule has 0 aliphatic carbocycles. The minimum absolute atomic E-state index is 0.107. The maximum absolute atomic E-state index is 11.7. The zero-order valence-electron chi connectivity index (χ0n) is 16.2. The molecule has 1 aliphatic rings. The molecule has 4 heteroatoms. The smallest absolute Gasteiger partial charge is 0.337 e. The van der Waals surface area contributed by atoms with Gasteiger partial charge in [0.1, 0.15) is 0 Å². The van der Waals surface area contributed by atoms with E-state index in [0.29, 0.717) is 5.56 Å². The number of hydrazone groups is 1. The van der Waals surface area contributed by atoms with Crippen LogP contribution >= 0.6 is 0 Å². The van der Waals surface area contributed by atoms with Gasteiger partial charge in [0.05, 0.1) is 30.1 Å². The number of anilines is 1. The first-order valence-electron chi connectivity index (χ1n) is 9.58. The molecule has 29 heavy (non-hydrogen) atoms. The van der Waals surface area contributed by atoms with E-state index in [1.54, 1.807) is 12.1 Å². The number of carbonyl (C=O) groups excluding carboxylic acids is 1. The molecule has 4 nitrogen and oxygen atoms in total. The molecule has 144 valence electrons. The van der Waals surface area contributed by atoms with Crippen molar-refractivity contribution in [2.75, 3.05) is 12.1 Å². The number of allylic oxidation sites excluding steroid dienone is 1. The first-order chi connectivity index (χ1) is 14.2. The molecule has 0 aromatic heterocycles. The van der Waals surface area contributed by atoms with Crippen LogP contribution in [0.3, 0.4) is 0 Å². The van der Waals surface area contributed by atoms with Crippen LogP contribution in [0.25, 0.3) is 6.08 Å². The summed E-state index contributed by atoms with van der Waals surface area (Å²) in [6.07, 6.45) is 4.98. The van der Waals surface area contributed by atoms with Crippen molar-refractivity contribution < 1.29 is 9.53 Å². The van der Waals surface area contributed by atoms with Crippen LogP contribution in [0.4, 0.5) is 5.69 Å². The van der Waals surface area contributed by atoms with E-state index in [0.717, 1.165) is 23.4 Å². The molecule has 3 aromatic rings. The summed E-state index contributed by atoms with van der Waals surface area (Å²) in [4.78, 5) is 11.7. The van der Waals surface area contributed by atoms with E-state index >= 15 is 0 Å². The van der Waals surface area contributed by atoms with Gasteiger partial charge < -0.3 is 4.74 Å². The van der Waals surface area contributed by atoms with Gasteiger partial charge in [-0.2, -0.15) is 5.10 Å². The van der Waals surface area contributed by atoms with Crippen LogP contribution in [0.5, 0.6) is 0 Å². The summed E-state index contributed by atoms with van der Waals surface area (Å²) in [5.41, 5.74) is 4.83. The van der Waals surface area contributed by atoms with Crippen LogP contribution in [0.2, 0.25) is 0 Å². The molecule has 1 heterocycles. The summed E-state index contributed by atoms with van der Waals surface area (Å²) in [5, 5.41) is 6.90. The Hall–Kier alpha value is -3.66. The van der Waals surface area contributed by atoms with Gasteiger partial charge in [-0.3, -0.25) is 5.01 Å². The molecule has 0 N–H and O–H groups in total. The normalized spacial score (nSPS) is 16.1. The van der Waals surface area contributed by atoms with Crippen molar-refractivity contribution in [2.45, 2.75) is 12.5 Å². The lowest BCUT2D eigenvalue weighted by Crippen LogP contribution is -2.18. The Bertz CT molecular complexity index is 1030. The molecule has 1 atom stereocenters. The number of hydrogen-bond acceptors (Lipinski definition) is 4. The molecule has 0 fully saturated rings. The Kier molecular flexibility index (Phi) is 5.52. The third-order valence-electron chi connectivity index (χ3n) is 4.94. The largest absolute Gasteiger partial charge is 0.465 e. The van der Waals surface area contributed by atoms with E-state index in [1.165, 1.54) is 12.7 Å². The monoisotopic (exact) mass is 382 g/mol. The van der Waals surface area contributed by atoms with Gasteiger partial charge in [-0.25, -0.2) is 4.79 Å². The summed E-state index contributed by atoms with van der Waals surface area (Å²) in [6, 6.07) is 28.1. The Morgan fingerprint density at radius 3 is 2.24 bits per heavy atom. The maximum Gasteiger partial charge on any atom is 0.337 e. The highest BCUT2D eigenvalue weighted by Gasteiger charge is 2.28. The molecular formula is C25H22N2O2. The lowest BCUT2D eigenvalue weighted by Gasteiger charge is -2.24. The van der Waals surface area contributed by atoms with Crippen LogP contribution in [-0.2, 0) is 4.74 Å². The van der Waals surface area contributed by atoms with Crippen molar-refractivity contribution in [3.63, 3.8) is 0 Å². The average molecular weight is 382 g/mol. The molecule has 0 spiro atoms. The Morgan fingerprint density at radius 1 is 0.931 bits per heavy atom. The van der Waals surface area contributed by atoms with Crippen LogP contribution in [0.15, 0.2) is 96.1 Å². The highest BCUT2D eigenvalue weighted by Crippen LogP contribution is 2.35. The number of carbonyl (C=O) groups is 1. The molecule has 0 saturated heterocycles. The Balaban J connectivity index is 1.64. The van der Waals surface area contributed by atoms with Gasteiger partial charge in [-0.05, 0) is 41.5 Å². The van der Waals surface area contributed by atoms with Crippen molar-refractivity contribution >= 4 is 23.4 Å². The lowest BCUT2D eigenvalue weighted by molar-refractivity contribution is 0.0601. The molecule has 0 bridgehead atoms. The van der Waals surface area contributed by atoms with Crippen LogP contribution < -0.4 is 5.01 Å². The SMILES string of the molecule is COC(=O)c1ccc(N2N=C(/C=C/c3ccccc3)C[C@@H]2c2ccccc2)cc1. The predicted molar refractivity (Wildman–Crippen MR) is 117 cm³/mol. The van der Waals surface area contributed by atoms with Gasteiger partial charge in [-0.1, -0.05) is 66.7 Å². The topological polar surface area (TPSA) is 41.9 Å². The van der Waals surface area contributed by atoms with Gasteiger partial charge in [0, 0.05) is 6.42 Å². The fraction of sp³-hybridized carbons (Fsp3) is 0.120. The number of ether oxygens (including phenoxy) is 1. The number of rotatable bonds is 5. The van der Waals surface area contributed by atoms with Gasteiger partial charge in [0.2, 0.25) is 0 Å². The second kappa shape index (κ2) is 8.57. The zero-order valence-corrected chi connectivity index (χ0v) is 16.2. The molecule has 1 aliphatic heterocycles. The van der Waals surface area contributed by atoms with Gasteiger partial charge >= 0.3 is 5.97 Å². The third-order valence-corrected chi connectivity index (χ3v) is 4.94. The van der Waals surface area contributed by atoms with E-state index in [9.17, 15) is 4.79 Å². The van der Waals surface area contributed by atoms with E-state index in [4.69, 9.17) is 9.84 Å². The summed E-state index contributed by atoms with van der Waals surface area (Å²) in [7, 11) is 1.39. The molecule has 0 unspecified atom stereocenters. The van der Waals surface area contributed by atoms with Crippen LogP contribution in [0.1, 0.15) is 33.9 Å². The minimum Gasteiger partial charge on any atom is -0.465 e. The molecular weight excluding hydrogens is 360 g/mol. The van der Waals surface area contributed by atoms with E-state index in [-0.39, 0.29) is 12.0 Å². The standard InChI is InChI=1S/C25H22N2O2/c1-29-25(28)21-13-16-23(17-14-21)27-24(20-10-6-3-7-11-20)18-22(26-27)15-12-19-8-4-2-5-9-19/h2-17,24H,18H2,1H3/b15-12+/t24-/m1/s1. The average Bonchev–Trinajstić information content (AvgIpc) is 3.23. The number of nitrogens with zero attached hydrogens (tertiary/aromatic N) is 2. The summed E-state index contributed by atoms with van der Waals surface area (Å²) in [5.74, 6) is -0.340. The Morgan fingerprint density at radius 2 is 1.59 bits per heavy atom. The van der Waals surface area contributed by atoms with Crippen molar-refractivity contribution in [1.82, 2.24) is 0 Å². The quantitative estimate of drug-likeness (QED) is 0.548. The fourth-order valence-electron chi connectivity index (χ4n) is 3.43. The van der Waals surface area contributed by atoms with Gasteiger partial charge in [0.15, 0.2) is 0 Å². The summed E-state index contributed by atoms with van der Waals surface area (Å²) >= 11 is 0. The first-order valence-corrected chi connectivity index (χ1v) is 9.58. The third kappa shape index (κ3) is 4.27. The second-order valence-corrected chi connectivity index (χ2v) is 6.85. The fourth-order valence-corrected chi connectivity index (χ4v) is 3.43. The van der Waals surface area contributed by atoms with Crippen molar-refractivity contribution in [3.8, 4) is 0 Å². The van der Waals surface area contributed by atoms with Gasteiger partial charge in [-0.15, -0.1) is 0 Å². The van der Waals surface area contributed by atoms with E-state index < -0.39 is 0 Å². The molecule has 0 radical (unpaired) electrons. The molecule has 0 amide bonds. The number of methoxy groups -OCH3 is 1. The Labute approximate surface area is 170 Å². The van der Waals surface area contributed by atoms with Crippen LogP contribution in [0, 0.1) is 0 Å². The minimum atomic E-state index is -0.340. The van der Waals surface area contributed by atoms with Crippen molar-refractivity contribution in [1.29, 1.82) is 0 Å². The number of esters is 1. The molecule has 4 rings (SSSR count). The number of hydrogen-bond donors (Lipinski definition) is 0. The van der Waals surface area contributed by atoms with Gasteiger partial charge in [0.25, 0.3) is 0 Å². The highest BCUT2D eigenvalue weighted by atomic mass is 16.5. The van der Waals surface area contributed by atoms with Crippen LogP contribution in [-0.4, -0.2) is 18.8 Å². The summed E-state index contributed by atoms with van der Waals surface area (Å²) in [6.45, 7) is 0. The van der Waals surface area contributed by atoms with E-state index in [2.05, 4.69) is 36.4 Å². The zero-order chi connectivity index (χ0) is 20.1. The summed E-state index contributed by atoms with van der Waals surface area (Å²) < 4.78 is 4.79. The molecule has 3 aromatic carbocycles. The lowest BCUT2D eigenvalue weighted by atomic mass is 10.0. The molecule has 0 saturated carbocycles. The highest BCUT2D eigenvalue weighted by molar-refractivity contribution is 6.01. The first kappa shape index (κ1) is 18.7. The second-order valence-electron chi connectivity index (χ2n) is 6.85. The van der Waals surface area contributed by atoms with E-state index in [1.807, 2.05) is 53.5 Å². The van der Waals surface area contributed by atoms with Crippen molar-refractivity contribution in [2.24, 2.45) is 5.10 Å². The maximum atomic E-state index is 11.7. The number of benzene rings is 3. The predicted octanol–water partition coefficient (Wildman–Crippen LogP) is 5.49.